The van der Waals surface area contributed by atoms with Crippen molar-refractivity contribution in [2.45, 2.75) is 39.3 Å². The molecule has 1 N–H and O–H groups in total. The molecule has 1 heterocycles. The lowest BCUT2D eigenvalue weighted by molar-refractivity contribution is 0.394. The molecule has 0 amide bonds. The Balaban J connectivity index is 2.59. The van der Waals surface area contributed by atoms with Gasteiger partial charge in [-0.1, -0.05) is 0 Å². The van der Waals surface area contributed by atoms with Gasteiger partial charge in [-0.2, -0.15) is 17.4 Å². The van der Waals surface area contributed by atoms with Gasteiger partial charge in [0.15, 0.2) is 0 Å². The van der Waals surface area contributed by atoms with Crippen LogP contribution in [0.3, 0.4) is 0 Å². The molecule has 98 valence electrons. The molecule has 0 saturated heterocycles. The zero-order valence-electron chi connectivity index (χ0n) is 10.7. The number of furan rings is 1. The standard InChI is InChI=1S/C11H20N2O3S/c1-9(2)13(4)17(14,15)12-10(3)8-11-6-5-7-16-11/h5-7,9-10,12H,8H2,1-4H3/t10-/m1/s1. The van der Waals surface area contributed by atoms with Crippen molar-refractivity contribution in [3.05, 3.63) is 24.2 Å². The summed E-state index contributed by atoms with van der Waals surface area (Å²) in [5.74, 6) is 0.771. The smallest absolute Gasteiger partial charge is 0.279 e. The van der Waals surface area contributed by atoms with Crippen molar-refractivity contribution in [1.29, 1.82) is 0 Å². The third kappa shape index (κ3) is 4.14. The molecule has 0 spiro atoms. The number of hydrogen-bond donors (Lipinski definition) is 1. The Morgan fingerprint density at radius 1 is 1.41 bits per heavy atom. The van der Waals surface area contributed by atoms with Gasteiger partial charge in [-0.05, 0) is 32.9 Å². The molecule has 0 fully saturated rings. The van der Waals surface area contributed by atoms with Crippen LogP contribution in [0.25, 0.3) is 0 Å². The molecule has 0 bridgehead atoms. The maximum absolute atomic E-state index is 11.9. The second kappa shape index (κ2) is 5.66. The SMILES string of the molecule is CC(C)N(C)S(=O)(=O)N[C@H](C)Cc1ccco1. The minimum atomic E-state index is -3.42. The second-order valence-electron chi connectivity index (χ2n) is 4.42. The fourth-order valence-corrected chi connectivity index (χ4v) is 2.70. The van der Waals surface area contributed by atoms with E-state index in [9.17, 15) is 8.42 Å². The maximum Gasteiger partial charge on any atom is 0.279 e. The molecule has 0 aromatic carbocycles. The molecule has 1 rings (SSSR count). The first-order chi connectivity index (χ1) is 7.83. The van der Waals surface area contributed by atoms with Gasteiger partial charge in [-0.3, -0.25) is 0 Å². The fourth-order valence-electron chi connectivity index (χ4n) is 1.39. The van der Waals surface area contributed by atoms with E-state index in [0.717, 1.165) is 5.76 Å². The molecule has 1 aromatic heterocycles. The highest BCUT2D eigenvalue weighted by atomic mass is 32.2. The van der Waals surface area contributed by atoms with Crippen LogP contribution in [0.15, 0.2) is 22.8 Å². The summed E-state index contributed by atoms with van der Waals surface area (Å²) in [4.78, 5) is 0. The van der Waals surface area contributed by atoms with Crippen molar-refractivity contribution in [3.63, 3.8) is 0 Å². The number of rotatable bonds is 6. The van der Waals surface area contributed by atoms with Crippen molar-refractivity contribution in [3.8, 4) is 0 Å². The van der Waals surface area contributed by atoms with Crippen LogP contribution in [0.4, 0.5) is 0 Å². The van der Waals surface area contributed by atoms with Crippen LogP contribution in [-0.2, 0) is 16.6 Å². The summed E-state index contributed by atoms with van der Waals surface area (Å²) in [5, 5.41) is 0. The fraction of sp³-hybridized carbons (Fsp3) is 0.636. The predicted molar refractivity (Wildman–Crippen MR) is 66.8 cm³/mol. The van der Waals surface area contributed by atoms with E-state index in [1.807, 2.05) is 26.8 Å². The summed E-state index contributed by atoms with van der Waals surface area (Å²) in [5.41, 5.74) is 0. The molecule has 6 heteroatoms. The lowest BCUT2D eigenvalue weighted by atomic mass is 10.2. The highest BCUT2D eigenvalue weighted by molar-refractivity contribution is 7.87. The molecule has 0 aliphatic carbocycles. The summed E-state index contributed by atoms with van der Waals surface area (Å²) in [6.45, 7) is 5.47. The first kappa shape index (κ1) is 14.2. The molecule has 5 nitrogen and oxygen atoms in total. The minimum Gasteiger partial charge on any atom is -0.469 e. The lowest BCUT2D eigenvalue weighted by Gasteiger charge is -2.23. The predicted octanol–water partition coefficient (Wildman–Crippen LogP) is 1.39. The van der Waals surface area contributed by atoms with E-state index in [1.165, 1.54) is 4.31 Å². The summed E-state index contributed by atoms with van der Waals surface area (Å²) < 4.78 is 32.9. The van der Waals surface area contributed by atoms with Crippen LogP contribution >= 0.6 is 0 Å². The number of nitrogens with one attached hydrogen (secondary N) is 1. The monoisotopic (exact) mass is 260 g/mol. The van der Waals surface area contributed by atoms with E-state index in [2.05, 4.69) is 4.72 Å². The Morgan fingerprint density at radius 2 is 2.06 bits per heavy atom. The van der Waals surface area contributed by atoms with Crippen LogP contribution in [0.2, 0.25) is 0 Å². The molecule has 0 aliphatic rings. The van der Waals surface area contributed by atoms with Gasteiger partial charge < -0.3 is 4.42 Å². The quantitative estimate of drug-likeness (QED) is 0.840. The van der Waals surface area contributed by atoms with Gasteiger partial charge in [0.05, 0.1) is 6.26 Å². The molecule has 0 aliphatic heterocycles. The Bertz CT molecular complexity index is 426. The van der Waals surface area contributed by atoms with Gasteiger partial charge in [0.1, 0.15) is 5.76 Å². The number of hydrogen-bond acceptors (Lipinski definition) is 3. The van der Waals surface area contributed by atoms with Gasteiger partial charge in [-0.15, -0.1) is 0 Å². The first-order valence-corrected chi connectivity index (χ1v) is 7.04. The van der Waals surface area contributed by atoms with Crippen LogP contribution in [0.1, 0.15) is 26.5 Å². The van der Waals surface area contributed by atoms with E-state index >= 15 is 0 Å². The molecular formula is C11H20N2O3S. The van der Waals surface area contributed by atoms with E-state index in [4.69, 9.17) is 4.42 Å². The summed E-state index contributed by atoms with van der Waals surface area (Å²) in [6.07, 6.45) is 2.12. The zero-order valence-corrected chi connectivity index (χ0v) is 11.5. The third-order valence-corrected chi connectivity index (χ3v) is 4.42. The molecule has 1 aromatic rings. The van der Waals surface area contributed by atoms with Crippen molar-refractivity contribution >= 4 is 10.2 Å². The third-order valence-electron chi connectivity index (χ3n) is 2.54. The van der Waals surface area contributed by atoms with Gasteiger partial charge >= 0.3 is 0 Å². The van der Waals surface area contributed by atoms with Crippen LogP contribution in [0.5, 0.6) is 0 Å². The molecular weight excluding hydrogens is 240 g/mol. The molecule has 0 radical (unpaired) electrons. The van der Waals surface area contributed by atoms with Gasteiger partial charge in [0.2, 0.25) is 0 Å². The van der Waals surface area contributed by atoms with E-state index in [1.54, 1.807) is 19.4 Å². The van der Waals surface area contributed by atoms with Gasteiger partial charge in [0.25, 0.3) is 10.2 Å². The van der Waals surface area contributed by atoms with Crippen molar-refractivity contribution in [1.82, 2.24) is 9.03 Å². The lowest BCUT2D eigenvalue weighted by Crippen LogP contribution is -2.45. The van der Waals surface area contributed by atoms with E-state index < -0.39 is 10.2 Å². The van der Waals surface area contributed by atoms with Crippen molar-refractivity contribution < 1.29 is 12.8 Å². The average Bonchev–Trinajstić information content (AvgIpc) is 2.67. The zero-order chi connectivity index (χ0) is 13.1. The number of nitrogens with zero attached hydrogens (tertiary/aromatic N) is 1. The molecule has 0 unspecified atom stereocenters. The Morgan fingerprint density at radius 3 is 2.53 bits per heavy atom. The Hall–Kier alpha value is -0.850. The van der Waals surface area contributed by atoms with Crippen LogP contribution < -0.4 is 4.72 Å². The Labute approximate surface area is 103 Å². The molecule has 1 atom stereocenters. The van der Waals surface area contributed by atoms with E-state index in [-0.39, 0.29) is 12.1 Å². The second-order valence-corrected chi connectivity index (χ2v) is 6.18. The summed E-state index contributed by atoms with van der Waals surface area (Å²) in [6, 6.07) is 3.35. The van der Waals surface area contributed by atoms with E-state index in [0.29, 0.717) is 6.42 Å². The first-order valence-electron chi connectivity index (χ1n) is 5.60. The van der Waals surface area contributed by atoms with Crippen LogP contribution in [-0.4, -0.2) is 31.9 Å². The van der Waals surface area contributed by atoms with Crippen molar-refractivity contribution in [2.75, 3.05) is 7.05 Å². The highest BCUT2D eigenvalue weighted by Crippen LogP contribution is 2.07. The molecule has 0 saturated carbocycles. The topological polar surface area (TPSA) is 62.6 Å². The summed E-state index contributed by atoms with van der Waals surface area (Å²) >= 11 is 0. The normalized spacial score (nSPS) is 14.5. The van der Waals surface area contributed by atoms with Crippen molar-refractivity contribution in [2.24, 2.45) is 0 Å². The molecule has 17 heavy (non-hydrogen) atoms. The summed E-state index contributed by atoms with van der Waals surface area (Å²) in [7, 11) is -1.86. The van der Waals surface area contributed by atoms with Crippen LogP contribution in [0, 0.1) is 0 Å². The average molecular weight is 260 g/mol. The highest BCUT2D eigenvalue weighted by Gasteiger charge is 2.22. The largest absolute Gasteiger partial charge is 0.469 e. The van der Waals surface area contributed by atoms with Gasteiger partial charge in [-0.25, -0.2) is 0 Å². The maximum atomic E-state index is 11.9. The minimum absolute atomic E-state index is 0.0664. The van der Waals surface area contributed by atoms with Gasteiger partial charge in [0, 0.05) is 25.6 Å². The Kier molecular flexibility index (Phi) is 4.73.